The van der Waals surface area contributed by atoms with Gasteiger partial charge in [-0.05, 0) is 60.4 Å². The summed E-state index contributed by atoms with van der Waals surface area (Å²) in [5.41, 5.74) is 1.45. The number of halogens is 3. The minimum Gasteiger partial charge on any atom is -0.508 e. The minimum atomic E-state index is -0.215. The van der Waals surface area contributed by atoms with Crippen LogP contribution in [0.4, 0.5) is 4.39 Å². The second kappa shape index (κ2) is 5.85. The zero-order valence-electron chi connectivity index (χ0n) is 9.46. The van der Waals surface area contributed by atoms with Crippen molar-refractivity contribution in [3.63, 3.8) is 0 Å². The van der Waals surface area contributed by atoms with E-state index in [-0.39, 0.29) is 11.6 Å². The molecule has 4 heteroatoms. The third kappa shape index (κ3) is 3.33. The third-order valence-corrected chi connectivity index (χ3v) is 3.70. The first-order valence-electron chi connectivity index (χ1n) is 5.47. The SMILES string of the molecule is Oc1ccc(Br)cc1CCc1cc(Br)ccc1F. The zero-order chi connectivity index (χ0) is 13.1. The number of hydrogen-bond donors (Lipinski definition) is 1. The van der Waals surface area contributed by atoms with Gasteiger partial charge in [-0.15, -0.1) is 0 Å². The van der Waals surface area contributed by atoms with E-state index in [1.165, 1.54) is 6.07 Å². The number of aromatic hydroxyl groups is 1. The molecule has 0 aliphatic rings. The summed E-state index contributed by atoms with van der Waals surface area (Å²) in [5, 5.41) is 9.71. The molecule has 0 atom stereocenters. The fraction of sp³-hybridized carbons (Fsp3) is 0.143. The first-order valence-corrected chi connectivity index (χ1v) is 7.06. The Morgan fingerprint density at radius 2 is 1.44 bits per heavy atom. The summed E-state index contributed by atoms with van der Waals surface area (Å²) in [6, 6.07) is 10.2. The topological polar surface area (TPSA) is 20.2 Å². The van der Waals surface area contributed by atoms with E-state index >= 15 is 0 Å². The Morgan fingerprint density at radius 3 is 2.17 bits per heavy atom. The fourth-order valence-electron chi connectivity index (χ4n) is 1.76. The molecular weight excluding hydrogens is 363 g/mol. The molecule has 2 aromatic carbocycles. The highest BCUT2D eigenvalue weighted by Crippen LogP contribution is 2.24. The van der Waals surface area contributed by atoms with Gasteiger partial charge in [0.05, 0.1) is 0 Å². The molecule has 18 heavy (non-hydrogen) atoms. The number of phenols is 1. The van der Waals surface area contributed by atoms with Crippen LogP contribution in [0.1, 0.15) is 11.1 Å². The first kappa shape index (κ1) is 13.6. The number of phenolic OH excluding ortho intramolecular Hbond substituents is 1. The van der Waals surface area contributed by atoms with Crippen LogP contribution in [0.5, 0.6) is 5.75 Å². The molecule has 2 rings (SSSR count). The van der Waals surface area contributed by atoms with Gasteiger partial charge in [-0.1, -0.05) is 31.9 Å². The fourth-order valence-corrected chi connectivity index (χ4v) is 2.58. The summed E-state index contributed by atoms with van der Waals surface area (Å²) in [6.07, 6.45) is 1.15. The molecule has 0 amide bonds. The van der Waals surface area contributed by atoms with Gasteiger partial charge in [0.15, 0.2) is 0 Å². The van der Waals surface area contributed by atoms with Crippen LogP contribution in [0.25, 0.3) is 0 Å². The van der Waals surface area contributed by atoms with E-state index < -0.39 is 0 Å². The van der Waals surface area contributed by atoms with Gasteiger partial charge in [0, 0.05) is 8.95 Å². The van der Waals surface area contributed by atoms with Crippen molar-refractivity contribution < 1.29 is 9.50 Å². The maximum atomic E-state index is 13.6. The van der Waals surface area contributed by atoms with E-state index in [2.05, 4.69) is 31.9 Å². The number of hydrogen-bond acceptors (Lipinski definition) is 1. The molecule has 0 radical (unpaired) electrons. The highest BCUT2D eigenvalue weighted by molar-refractivity contribution is 9.10. The van der Waals surface area contributed by atoms with Gasteiger partial charge in [-0.3, -0.25) is 0 Å². The van der Waals surface area contributed by atoms with E-state index in [1.807, 2.05) is 6.07 Å². The zero-order valence-corrected chi connectivity index (χ0v) is 12.6. The quantitative estimate of drug-likeness (QED) is 0.815. The lowest BCUT2D eigenvalue weighted by Crippen LogP contribution is -1.95. The molecule has 0 saturated heterocycles. The molecule has 1 N–H and O–H groups in total. The van der Waals surface area contributed by atoms with Crippen LogP contribution in [-0.4, -0.2) is 5.11 Å². The van der Waals surface area contributed by atoms with Gasteiger partial charge in [0.1, 0.15) is 11.6 Å². The van der Waals surface area contributed by atoms with Crippen molar-refractivity contribution in [2.24, 2.45) is 0 Å². The minimum absolute atomic E-state index is 0.215. The average Bonchev–Trinajstić information content (AvgIpc) is 2.34. The van der Waals surface area contributed by atoms with Gasteiger partial charge in [-0.25, -0.2) is 4.39 Å². The van der Waals surface area contributed by atoms with Gasteiger partial charge < -0.3 is 5.11 Å². The number of benzene rings is 2. The maximum absolute atomic E-state index is 13.6. The monoisotopic (exact) mass is 372 g/mol. The molecule has 0 saturated carbocycles. The second-order valence-corrected chi connectivity index (χ2v) is 5.84. The smallest absolute Gasteiger partial charge is 0.126 e. The van der Waals surface area contributed by atoms with E-state index in [0.29, 0.717) is 18.4 Å². The molecule has 0 aromatic heterocycles. The lowest BCUT2D eigenvalue weighted by molar-refractivity contribution is 0.467. The number of aryl methyl sites for hydroxylation is 2. The first-order chi connectivity index (χ1) is 8.56. The van der Waals surface area contributed by atoms with E-state index in [9.17, 15) is 9.50 Å². The third-order valence-electron chi connectivity index (χ3n) is 2.71. The van der Waals surface area contributed by atoms with Crippen LogP contribution in [-0.2, 0) is 12.8 Å². The Morgan fingerprint density at radius 1 is 0.889 bits per heavy atom. The number of rotatable bonds is 3. The molecule has 0 bridgehead atoms. The molecule has 0 fully saturated rings. The highest BCUT2D eigenvalue weighted by atomic mass is 79.9. The van der Waals surface area contributed by atoms with Gasteiger partial charge >= 0.3 is 0 Å². The van der Waals surface area contributed by atoms with E-state index in [4.69, 9.17) is 0 Å². The summed E-state index contributed by atoms with van der Waals surface area (Å²) in [5.74, 6) is 0.0290. The molecule has 0 spiro atoms. The highest BCUT2D eigenvalue weighted by Gasteiger charge is 2.06. The largest absolute Gasteiger partial charge is 0.508 e. The summed E-state index contributed by atoms with van der Waals surface area (Å²) in [4.78, 5) is 0. The summed E-state index contributed by atoms with van der Waals surface area (Å²) in [6.45, 7) is 0. The average molecular weight is 374 g/mol. The summed E-state index contributed by atoms with van der Waals surface area (Å²) in [7, 11) is 0. The maximum Gasteiger partial charge on any atom is 0.126 e. The van der Waals surface area contributed by atoms with Crippen molar-refractivity contribution in [3.8, 4) is 5.75 Å². The Kier molecular flexibility index (Phi) is 4.40. The summed E-state index contributed by atoms with van der Waals surface area (Å²) >= 11 is 6.68. The molecule has 0 aliphatic heterocycles. The van der Waals surface area contributed by atoms with Crippen molar-refractivity contribution in [2.45, 2.75) is 12.8 Å². The van der Waals surface area contributed by atoms with Crippen molar-refractivity contribution in [2.75, 3.05) is 0 Å². The van der Waals surface area contributed by atoms with Gasteiger partial charge in [-0.2, -0.15) is 0 Å². The van der Waals surface area contributed by atoms with E-state index in [0.717, 1.165) is 14.5 Å². The van der Waals surface area contributed by atoms with Crippen LogP contribution < -0.4 is 0 Å². The Balaban J connectivity index is 2.16. The Hall–Kier alpha value is -0.870. The molecule has 0 unspecified atom stereocenters. The van der Waals surface area contributed by atoms with Gasteiger partial charge in [0.25, 0.3) is 0 Å². The Bertz CT molecular complexity index is 518. The molecule has 0 aliphatic carbocycles. The summed E-state index contributed by atoms with van der Waals surface area (Å²) < 4.78 is 15.3. The van der Waals surface area contributed by atoms with Crippen LogP contribution >= 0.6 is 31.9 Å². The van der Waals surface area contributed by atoms with Crippen LogP contribution in [0.3, 0.4) is 0 Å². The second-order valence-electron chi connectivity index (χ2n) is 4.01. The lowest BCUT2D eigenvalue weighted by atomic mass is 10.0. The van der Waals surface area contributed by atoms with Gasteiger partial charge in [0.2, 0.25) is 0 Å². The van der Waals surface area contributed by atoms with Crippen LogP contribution in [0, 0.1) is 5.82 Å². The van der Waals surface area contributed by atoms with Crippen LogP contribution in [0.2, 0.25) is 0 Å². The van der Waals surface area contributed by atoms with Crippen molar-refractivity contribution >= 4 is 31.9 Å². The Labute approximate surface area is 122 Å². The molecular formula is C14H11Br2FO. The predicted octanol–water partition coefficient (Wildman–Crippen LogP) is 4.84. The van der Waals surface area contributed by atoms with Crippen molar-refractivity contribution in [1.29, 1.82) is 0 Å². The predicted molar refractivity (Wildman–Crippen MR) is 77.3 cm³/mol. The molecule has 94 valence electrons. The normalized spacial score (nSPS) is 10.6. The van der Waals surface area contributed by atoms with E-state index in [1.54, 1.807) is 24.3 Å². The molecule has 1 nitrogen and oxygen atoms in total. The van der Waals surface area contributed by atoms with Crippen molar-refractivity contribution in [1.82, 2.24) is 0 Å². The standard InChI is InChI=1S/C14H11Br2FO/c15-11-3-5-13(17)9(7-11)1-2-10-8-12(16)4-6-14(10)18/h3-8,18H,1-2H2. The lowest BCUT2D eigenvalue weighted by Gasteiger charge is -2.07. The van der Waals surface area contributed by atoms with Crippen molar-refractivity contribution in [3.05, 3.63) is 62.3 Å². The molecule has 2 aromatic rings. The molecule has 0 heterocycles. The van der Waals surface area contributed by atoms with Crippen LogP contribution in [0.15, 0.2) is 45.3 Å².